The van der Waals surface area contributed by atoms with Crippen LogP contribution < -0.4 is 20.7 Å². The van der Waals surface area contributed by atoms with Gasteiger partial charge in [-0.15, -0.1) is 0 Å². The normalized spacial score (nSPS) is 11.0. The van der Waals surface area contributed by atoms with Crippen molar-refractivity contribution in [2.24, 2.45) is 4.99 Å². The molecule has 0 aliphatic rings. The Kier molecular flexibility index (Phi) is 7.67. The van der Waals surface area contributed by atoms with Crippen LogP contribution in [0.5, 0.6) is 5.75 Å². The van der Waals surface area contributed by atoms with Crippen molar-refractivity contribution in [2.75, 3.05) is 20.7 Å². The van der Waals surface area contributed by atoms with Crippen LogP contribution in [0.2, 0.25) is 0 Å². The maximum Gasteiger partial charge on any atom is 0.251 e. The van der Waals surface area contributed by atoms with Gasteiger partial charge in [0, 0.05) is 38.3 Å². The molecule has 27 heavy (non-hydrogen) atoms. The molecule has 2 rings (SSSR count). The Bertz CT molecular complexity index is 785. The minimum atomic E-state index is -0.0878. The first kappa shape index (κ1) is 20.3. The summed E-state index contributed by atoms with van der Waals surface area (Å²) in [5.74, 6) is 1.51. The molecule has 0 bridgehead atoms. The van der Waals surface area contributed by atoms with Crippen LogP contribution in [0.3, 0.4) is 0 Å². The molecule has 0 saturated carbocycles. The third kappa shape index (κ3) is 6.02. The van der Waals surface area contributed by atoms with Gasteiger partial charge in [0.2, 0.25) is 0 Å². The number of rotatable bonds is 7. The lowest BCUT2D eigenvalue weighted by atomic mass is 10.1. The van der Waals surface area contributed by atoms with Gasteiger partial charge in [0.1, 0.15) is 5.75 Å². The summed E-state index contributed by atoms with van der Waals surface area (Å²) in [5, 5.41) is 9.20. The Morgan fingerprint density at radius 3 is 2.41 bits per heavy atom. The van der Waals surface area contributed by atoms with E-state index in [0.717, 1.165) is 16.9 Å². The third-order valence-corrected chi connectivity index (χ3v) is 4.10. The minimum Gasteiger partial charge on any atom is -0.494 e. The molecule has 0 heterocycles. The molecular formula is C21H28N4O2. The Labute approximate surface area is 161 Å². The summed E-state index contributed by atoms with van der Waals surface area (Å²) in [7, 11) is 3.36. The second-order valence-corrected chi connectivity index (χ2v) is 6.10. The number of hydrogen-bond donors (Lipinski definition) is 3. The fourth-order valence-electron chi connectivity index (χ4n) is 2.60. The second-order valence-electron chi connectivity index (χ2n) is 6.10. The number of nitrogens with one attached hydrogen (secondary N) is 3. The molecule has 0 unspecified atom stereocenters. The molecule has 1 amide bonds. The summed E-state index contributed by atoms with van der Waals surface area (Å²) in [6.07, 6.45) is 0. The number of guanidine groups is 1. The van der Waals surface area contributed by atoms with Gasteiger partial charge in [-0.2, -0.15) is 0 Å². The molecule has 0 fully saturated rings. The van der Waals surface area contributed by atoms with Crippen molar-refractivity contribution < 1.29 is 9.53 Å². The van der Waals surface area contributed by atoms with Gasteiger partial charge in [-0.05, 0) is 43.2 Å². The molecule has 0 spiro atoms. The zero-order valence-electron chi connectivity index (χ0n) is 16.4. The first-order valence-corrected chi connectivity index (χ1v) is 9.05. The van der Waals surface area contributed by atoms with Gasteiger partial charge in [-0.25, -0.2) is 0 Å². The number of hydrogen-bond acceptors (Lipinski definition) is 3. The first-order chi connectivity index (χ1) is 13.1. The number of nitrogens with zero attached hydrogens (tertiary/aromatic N) is 1. The largest absolute Gasteiger partial charge is 0.494 e. The monoisotopic (exact) mass is 368 g/mol. The van der Waals surface area contributed by atoms with Crippen molar-refractivity contribution in [3.8, 4) is 5.75 Å². The maximum absolute atomic E-state index is 11.6. The molecule has 6 nitrogen and oxygen atoms in total. The lowest BCUT2D eigenvalue weighted by Crippen LogP contribution is -2.36. The fourth-order valence-corrected chi connectivity index (χ4v) is 2.60. The quantitative estimate of drug-likeness (QED) is 0.519. The number of aryl methyl sites for hydroxylation is 1. The molecule has 3 N–H and O–H groups in total. The smallest absolute Gasteiger partial charge is 0.251 e. The molecule has 144 valence electrons. The van der Waals surface area contributed by atoms with Crippen LogP contribution in [0.4, 0.5) is 0 Å². The second kappa shape index (κ2) is 10.2. The van der Waals surface area contributed by atoms with Crippen LogP contribution in [0.1, 0.15) is 34.0 Å². The van der Waals surface area contributed by atoms with Crippen LogP contribution in [0.25, 0.3) is 0 Å². The molecule has 0 aliphatic carbocycles. The van der Waals surface area contributed by atoms with Crippen molar-refractivity contribution >= 4 is 11.9 Å². The van der Waals surface area contributed by atoms with Crippen LogP contribution in [0.15, 0.2) is 47.5 Å². The Morgan fingerprint density at radius 2 is 1.78 bits per heavy atom. The van der Waals surface area contributed by atoms with E-state index in [9.17, 15) is 4.79 Å². The molecule has 0 aliphatic heterocycles. The highest BCUT2D eigenvalue weighted by atomic mass is 16.5. The van der Waals surface area contributed by atoms with Crippen LogP contribution in [0, 0.1) is 6.92 Å². The first-order valence-electron chi connectivity index (χ1n) is 9.05. The van der Waals surface area contributed by atoms with Crippen molar-refractivity contribution in [3.05, 3.63) is 64.7 Å². The Hall–Kier alpha value is -3.02. The van der Waals surface area contributed by atoms with Gasteiger partial charge in [0.15, 0.2) is 5.96 Å². The number of ether oxygens (including phenoxy) is 1. The van der Waals surface area contributed by atoms with E-state index in [2.05, 4.69) is 40.0 Å². The molecule has 6 heteroatoms. The van der Waals surface area contributed by atoms with E-state index in [0.29, 0.717) is 31.2 Å². The van der Waals surface area contributed by atoms with Crippen molar-refractivity contribution in [3.63, 3.8) is 0 Å². The van der Waals surface area contributed by atoms with Gasteiger partial charge in [-0.3, -0.25) is 9.79 Å². The van der Waals surface area contributed by atoms with Crippen LogP contribution >= 0.6 is 0 Å². The summed E-state index contributed by atoms with van der Waals surface area (Å²) in [4.78, 5) is 15.8. The van der Waals surface area contributed by atoms with Gasteiger partial charge in [0.05, 0.1) is 6.61 Å². The Morgan fingerprint density at radius 1 is 1.07 bits per heavy atom. The highest BCUT2D eigenvalue weighted by Crippen LogP contribution is 2.20. The number of carbonyl (C=O) groups excluding carboxylic acids is 1. The summed E-state index contributed by atoms with van der Waals surface area (Å²) in [6.45, 7) is 5.89. The number of carbonyl (C=O) groups is 1. The van der Waals surface area contributed by atoms with Gasteiger partial charge < -0.3 is 20.7 Å². The molecular weight excluding hydrogens is 340 g/mol. The van der Waals surface area contributed by atoms with Gasteiger partial charge >= 0.3 is 0 Å². The van der Waals surface area contributed by atoms with E-state index in [1.165, 1.54) is 5.56 Å². The average molecular weight is 368 g/mol. The van der Waals surface area contributed by atoms with E-state index < -0.39 is 0 Å². The molecule has 0 atom stereocenters. The number of benzene rings is 2. The lowest BCUT2D eigenvalue weighted by Gasteiger charge is -2.15. The van der Waals surface area contributed by atoms with Crippen molar-refractivity contribution in [2.45, 2.75) is 26.9 Å². The van der Waals surface area contributed by atoms with Gasteiger partial charge in [0.25, 0.3) is 5.91 Å². The molecule has 0 saturated heterocycles. The van der Waals surface area contributed by atoms with E-state index in [1.54, 1.807) is 14.1 Å². The minimum absolute atomic E-state index is 0.0878. The van der Waals surface area contributed by atoms with Crippen LogP contribution in [-0.4, -0.2) is 32.6 Å². The summed E-state index contributed by atoms with van der Waals surface area (Å²) >= 11 is 0. The highest BCUT2D eigenvalue weighted by molar-refractivity contribution is 5.93. The Balaban J connectivity index is 1.92. The van der Waals surface area contributed by atoms with Gasteiger partial charge in [-0.1, -0.05) is 24.3 Å². The summed E-state index contributed by atoms with van der Waals surface area (Å²) in [6, 6.07) is 13.7. The zero-order valence-corrected chi connectivity index (χ0v) is 16.4. The SMILES string of the molecule is CCOc1cc(C)ccc1CNC(=NC)NCc1ccc(C(=O)NC)cc1. The van der Waals surface area contributed by atoms with E-state index >= 15 is 0 Å². The standard InChI is InChI=1S/C21H28N4O2/c1-5-27-19-12-15(2)6-9-18(19)14-25-21(23-4)24-13-16-7-10-17(11-8-16)20(26)22-3/h6-12H,5,13-14H2,1-4H3,(H,22,26)(H2,23,24,25). The number of aliphatic imine (C=N–C) groups is 1. The number of amides is 1. The van der Waals surface area contributed by atoms with Crippen molar-refractivity contribution in [1.82, 2.24) is 16.0 Å². The maximum atomic E-state index is 11.6. The average Bonchev–Trinajstić information content (AvgIpc) is 2.69. The topological polar surface area (TPSA) is 74.8 Å². The summed E-state index contributed by atoms with van der Waals surface area (Å²) in [5.41, 5.74) is 3.97. The molecule has 2 aromatic carbocycles. The molecule has 0 radical (unpaired) electrons. The fraction of sp³-hybridized carbons (Fsp3) is 0.333. The predicted molar refractivity (Wildman–Crippen MR) is 109 cm³/mol. The summed E-state index contributed by atoms with van der Waals surface area (Å²) < 4.78 is 5.72. The molecule has 0 aromatic heterocycles. The van der Waals surface area contributed by atoms with Crippen molar-refractivity contribution in [1.29, 1.82) is 0 Å². The van der Waals surface area contributed by atoms with E-state index in [-0.39, 0.29) is 5.91 Å². The predicted octanol–water partition coefficient (Wildman–Crippen LogP) is 2.62. The van der Waals surface area contributed by atoms with Crippen LogP contribution in [-0.2, 0) is 13.1 Å². The van der Waals surface area contributed by atoms with E-state index in [1.807, 2.05) is 37.3 Å². The zero-order chi connectivity index (χ0) is 19.6. The van der Waals surface area contributed by atoms with E-state index in [4.69, 9.17) is 4.74 Å². The lowest BCUT2D eigenvalue weighted by molar-refractivity contribution is 0.0963. The third-order valence-electron chi connectivity index (χ3n) is 4.10. The highest BCUT2D eigenvalue weighted by Gasteiger charge is 2.06. The molecule has 2 aromatic rings.